The van der Waals surface area contributed by atoms with Crippen molar-refractivity contribution in [2.24, 2.45) is 0 Å². The van der Waals surface area contributed by atoms with Crippen molar-refractivity contribution in [3.63, 3.8) is 0 Å². The second-order valence-electron chi connectivity index (χ2n) is 4.75. The molecule has 0 spiro atoms. The third kappa shape index (κ3) is 2.65. The lowest BCUT2D eigenvalue weighted by atomic mass is 10.2. The van der Waals surface area contributed by atoms with Crippen molar-refractivity contribution in [2.75, 3.05) is 10.0 Å². The zero-order valence-corrected chi connectivity index (χ0v) is 12.6. The Balaban J connectivity index is 2.02. The molecule has 8 heteroatoms. The normalized spacial score (nSPS) is 13.6. The van der Waals surface area contributed by atoms with Crippen molar-refractivity contribution in [3.05, 3.63) is 52.8 Å². The molecule has 1 amide bonds. The molecule has 1 heterocycles. The number of rotatable bonds is 3. The Labute approximate surface area is 131 Å². The molecule has 1 aliphatic rings. The van der Waals surface area contributed by atoms with E-state index in [0.717, 1.165) is 6.07 Å². The Kier molecular flexibility index (Phi) is 3.54. The first kappa shape index (κ1) is 14.8. The average Bonchev–Trinajstić information content (AvgIpc) is 2.79. The summed E-state index contributed by atoms with van der Waals surface area (Å²) in [6.45, 7) is 0. The van der Waals surface area contributed by atoms with Gasteiger partial charge < -0.3 is 5.32 Å². The van der Waals surface area contributed by atoms with Crippen molar-refractivity contribution >= 4 is 38.9 Å². The number of halogens is 2. The number of hydrogen-bond acceptors (Lipinski definition) is 3. The van der Waals surface area contributed by atoms with Gasteiger partial charge in [-0.25, -0.2) is 12.8 Å². The molecule has 0 bridgehead atoms. The SMILES string of the molecule is O=C1Cc2cc(S(=O)(=O)Nc3ccccc3F)c(Cl)cc2N1. The number of carbonyl (C=O) groups is 1. The van der Waals surface area contributed by atoms with E-state index in [0.29, 0.717) is 11.3 Å². The lowest BCUT2D eigenvalue weighted by molar-refractivity contribution is -0.115. The Bertz CT molecular complexity index is 884. The van der Waals surface area contributed by atoms with E-state index in [2.05, 4.69) is 10.0 Å². The zero-order chi connectivity index (χ0) is 15.9. The minimum Gasteiger partial charge on any atom is -0.325 e. The Morgan fingerprint density at radius 2 is 1.95 bits per heavy atom. The fourth-order valence-electron chi connectivity index (χ4n) is 2.18. The monoisotopic (exact) mass is 340 g/mol. The number of hydrogen-bond donors (Lipinski definition) is 2. The van der Waals surface area contributed by atoms with Gasteiger partial charge in [-0.2, -0.15) is 0 Å². The van der Waals surface area contributed by atoms with E-state index >= 15 is 0 Å². The van der Waals surface area contributed by atoms with Gasteiger partial charge in [0.25, 0.3) is 10.0 Å². The fraction of sp³-hybridized carbons (Fsp3) is 0.0714. The minimum atomic E-state index is -4.07. The summed E-state index contributed by atoms with van der Waals surface area (Å²) in [6.07, 6.45) is 0.0781. The van der Waals surface area contributed by atoms with Gasteiger partial charge in [0.1, 0.15) is 10.7 Å². The Morgan fingerprint density at radius 1 is 1.23 bits per heavy atom. The number of sulfonamides is 1. The number of fused-ring (bicyclic) bond motifs is 1. The Morgan fingerprint density at radius 3 is 2.68 bits per heavy atom. The molecule has 2 N–H and O–H groups in total. The number of amides is 1. The summed E-state index contributed by atoms with van der Waals surface area (Å²) < 4.78 is 40.5. The van der Waals surface area contributed by atoms with Crippen LogP contribution in [0.15, 0.2) is 41.3 Å². The fourth-order valence-corrected chi connectivity index (χ4v) is 3.82. The molecule has 0 atom stereocenters. The van der Waals surface area contributed by atoms with Crippen molar-refractivity contribution in [1.82, 2.24) is 0 Å². The van der Waals surface area contributed by atoms with Gasteiger partial charge in [-0.1, -0.05) is 23.7 Å². The van der Waals surface area contributed by atoms with Gasteiger partial charge in [0.2, 0.25) is 5.91 Å². The maximum atomic E-state index is 13.6. The molecule has 0 aliphatic carbocycles. The summed E-state index contributed by atoms with van der Waals surface area (Å²) in [6, 6.07) is 8.10. The van der Waals surface area contributed by atoms with Crippen molar-refractivity contribution in [3.8, 4) is 0 Å². The first-order valence-electron chi connectivity index (χ1n) is 6.26. The minimum absolute atomic E-state index is 0.0511. The molecule has 22 heavy (non-hydrogen) atoms. The summed E-state index contributed by atoms with van der Waals surface area (Å²) in [7, 11) is -4.07. The van der Waals surface area contributed by atoms with Crippen LogP contribution in [0.5, 0.6) is 0 Å². The van der Waals surface area contributed by atoms with Crippen LogP contribution in [-0.2, 0) is 21.2 Å². The van der Waals surface area contributed by atoms with Gasteiger partial charge in [-0.05, 0) is 29.8 Å². The van der Waals surface area contributed by atoms with Gasteiger partial charge in [0, 0.05) is 5.69 Å². The molecule has 0 unspecified atom stereocenters. The molecule has 1 aliphatic heterocycles. The van der Waals surface area contributed by atoms with Crippen LogP contribution in [0.4, 0.5) is 15.8 Å². The average molecular weight is 341 g/mol. The van der Waals surface area contributed by atoms with Gasteiger partial charge in [0.05, 0.1) is 17.1 Å². The summed E-state index contributed by atoms with van der Waals surface area (Å²) in [5, 5.41) is 2.53. The van der Waals surface area contributed by atoms with E-state index < -0.39 is 15.8 Å². The number of carbonyl (C=O) groups excluding carboxylic acids is 1. The third-order valence-corrected chi connectivity index (χ3v) is 5.02. The molecule has 0 saturated carbocycles. The van der Waals surface area contributed by atoms with Gasteiger partial charge in [-0.3, -0.25) is 9.52 Å². The summed E-state index contributed by atoms with van der Waals surface area (Å²) >= 11 is 5.98. The molecule has 0 saturated heterocycles. The molecule has 114 valence electrons. The molecule has 0 radical (unpaired) electrons. The number of para-hydroxylation sites is 1. The molecule has 3 rings (SSSR count). The Hall–Kier alpha value is -2.12. The zero-order valence-electron chi connectivity index (χ0n) is 11.1. The van der Waals surface area contributed by atoms with Crippen LogP contribution >= 0.6 is 11.6 Å². The molecular formula is C14H10ClFN2O3S. The molecule has 2 aromatic rings. The molecule has 5 nitrogen and oxygen atoms in total. The lowest BCUT2D eigenvalue weighted by Gasteiger charge is -2.11. The quantitative estimate of drug-likeness (QED) is 0.902. The highest BCUT2D eigenvalue weighted by Crippen LogP contribution is 2.33. The first-order valence-corrected chi connectivity index (χ1v) is 8.12. The second kappa shape index (κ2) is 5.26. The molecular weight excluding hydrogens is 331 g/mol. The largest absolute Gasteiger partial charge is 0.325 e. The van der Waals surface area contributed by atoms with Crippen molar-refractivity contribution in [1.29, 1.82) is 0 Å². The van der Waals surface area contributed by atoms with Crippen LogP contribution in [0.2, 0.25) is 5.02 Å². The molecule has 2 aromatic carbocycles. The van der Waals surface area contributed by atoms with Gasteiger partial charge in [-0.15, -0.1) is 0 Å². The van der Waals surface area contributed by atoms with E-state index in [1.54, 1.807) is 0 Å². The molecule has 0 fully saturated rings. The summed E-state index contributed by atoms with van der Waals surface area (Å²) in [5.74, 6) is -0.928. The first-order chi connectivity index (χ1) is 10.4. The van der Waals surface area contributed by atoms with Crippen LogP contribution in [0.1, 0.15) is 5.56 Å². The maximum absolute atomic E-state index is 13.6. The topological polar surface area (TPSA) is 75.3 Å². The van der Waals surface area contributed by atoms with E-state index in [1.165, 1.54) is 30.3 Å². The van der Waals surface area contributed by atoms with Gasteiger partial charge in [0.15, 0.2) is 0 Å². The van der Waals surface area contributed by atoms with Gasteiger partial charge >= 0.3 is 0 Å². The predicted molar refractivity (Wildman–Crippen MR) is 81.0 cm³/mol. The number of benzene rings is 2. The second-order valence-corrected chi connectivity index (χ2v) is 6.81. The van der Waals surface area contributed by atoms with Crippen LogP contribution < -0.4 is 10.0 Å². The summed E-state index contributed by atoms with van der Waals surface area (Å²) in [4.78, 5) is 11.1. The van der Waals surface area contributed by atoms with Crippen LogP contribution in [0.3, 0.4) is 0 Å². The highest BCUT2D eigenvalue weighted by atomic mass is 35.5. The van der Waals surface area contributed by atoms with E-state index in [-0.39, 0.29) is 27.9 Å². The van der Waals surface area contributed by atoms with E-state index in [4.69, 9.17) is 11.6 Å². The van der Waals surface area contributed by atoms with Crippen LogP contribution in [0, 0.1) is 5.82 Å². The van der Waals surface area contributed by atoms with E-state index in [1.807, 2.05) is 0 Å². The van der Waals surface area contributed by atoms with Crippen LogP contribution in [0.25, 0.3) is 0 Å². The third-order valence-electron chi connectivity index (χ3n) is 3.19. The van der Waals surface area contributed by atoms with E-state index in [9.17, 15) is 17.6 Å². The highest BCUT2D eigenvalue weighted by molar-refractivity contribution is 7.92. The van der Waals surface area contributed by atoms with Crippen molar-refractivity contribution < 1.29 is 17.6 Å². The standard InChI is InChI=1S/C14H10ClFN2O3S/c15-9-7-12-8(6-14(19)17-12)5-13(9)22(20,21)18-11-4-2-1-3-10(11)16/h1-5,7,18H,6H2,(H,17,19). The number of anilines is 2. The van der Waals surface area contributed by atoms with Crippen LogP contribution in [-0.4, -0.2) is 14.3 Å². The summed E-state index contributed by atoms with van der Waals surface area (Å²) in [5.41, 5.74) is 0.844. The smallest absolute Gasteiger partial charge is 0.263 e. The lowest BCUT2D eigenvalue weighted by Crippen LogP contribution is -2.14. The number of nitrogens with one attached hydrogen (secondary N) is 2. The predicted octanol–water partition coefficient (Wildman–Crippen LogP) is 2.77. The highest BCUT2D eigenvalue weighted by Gasteiger charge is 2.25. The maximum Gasteiger partial charge on any atom is 0.263 e. The van der Waals surface area contributed by atoms with Crippen molar-refractivity contribution in [2.45, 2.75) is 11.3 Å². The molecule has 0 aromatic heterocycles.